The van der Waals surface area contributed by atoms with Crippen LogP contribution in [0, 0.1) is 17.2 Å². The summed E-state index contributed by atoms with van der Waals surface area (Å²) in [4.78, 5) is 20.8. The van der Waals surface area contributed by atoms with Crippen LogP contribution in [0.4, 0.5) is 5.82 Å². The molecular formula is C17H22N4O. The number of rotatable bonds is 3. The van der Waals surface area contributed by atoms with Gasteiger partial charge in [-0.15, -0.1) is 0 Å². The third-order valence-electron chi connectivity index (χ3n) is 4.77. The van der Waals surface area contributed by atoms with Crippen molar-refractivity contribution >= 4 is 11.7 Å². The topological polar surface area (TPSA) is 60.2 Å². The molecule has 0 radical (unpaired) electrons. The highest BCUT2D eigenvalue weighted by Crippen LogP contribution is 2.28. The average molecular weight is 298 g/mol. The van der Waals surface area contributed by atoms with E-state index in [9.17, 15) is 4.79 Å². The lowest BCUT2D eigenvalue weighted by atomic mass is 10.0. The molecule has 116 valence electrons. The van der Waals surface area contributed by atoms with Crippen molar-refractivity contribution in [3.8, 4) is 6.07 Å². The minimum Gasteiger partial charge on any atom is -0.353 e. The van der Waals surface area contributed by atoms with Crippen molar-refractivity contribution in [1.29, 1.82) is 5.26 Å². The molecule has 22 heavy (non-hydrogen) atoms. The van der Waals surface area contributed by atoms with E-state index in [-0.39, 0.29) is 0 Å². The first-order valence-corrected chi connectivity index (χ1v) is 8.15. The van der Waals surface area contributed by atoms with Gasteiger partial charge in [-0.3, -0.25) is 4.79 Å². The summed E-state index contributed by atoms with van der Waals surface area (Å²) in [5, 5.41) is 8.96. The lowest BCUT2D eigenvalue weighted by Gasteiger charge is -2.36. The average Bonchev–Trinajstić information content (AvgIpc) is 3.08. The number of hydrogen-bond donors (Lipinski definition) is 0. The Hall–Kier alpha value is -2.09. The zero-order chi connectivity index (χ0) is 15.4. The Bertz CT molecular complexity index is 566. The maximum atomic E-state index is 12.3. The molecule has 2 heterocycles. The van der Waals surface area contributed by atoms with Crippen LogP contribution in [0.15, 0.2) is 18.3 Å². The lowest BCUT2D eigenvalue weighted by molar-refractivity contribution is -0.132. The van der Waals surface area contributed by atoms with E-state index in [4.69, 9.17) is 5.26 Å². The third-order valence-corrected chi connectivity index (χ3v) is 4.77. The van der Waals surface area contributed by atoms with Crippen LogP contribution in [0.2, 0.25) is 0 Å². The van der Waals surface area contributed by atoms with Crippen LogP contribution in [0.1, 0.15) is 37.7 Å². The van der Waals surface area contributed by atoms with Gasteiger partial charge in [-0.2, -0.15) is 5.26 Å². The van der Waals surface area contributed by atoms with E-state index in [0.717, 1.165) is 38.4 Å². The monoisotopic (exact) mass is 298 g/mol. The van der Waals surface area contributed by atoms with Gasteiger partial charge in [-0.1, -0.05) is 12.8 Å². The second-order valence-electron chi connectivity index (χ2n) is 6.24. The van der Waals surface area contributed by atoms with Crippen molar-refractivity contribution < 1.29 is 4.79 Å². The van der Waals surface area contributed by atoms with Crippen molar-refractivity contribution in [2.24, 2.45) is 5.92 Å². The highest BCUT2D eigenvalue weighted by molar-refractivity contribution is 5.76. The first-order chi connectivity index (χ1) is 10.8. The summed E-state index contributed by atoms with van der Waals surface area (Å²) in [6.45, 7) is 3.09. The fourth-order valence-corrected chi connectivity index (χ4v) is 3.44. The van der Waals surface area contributed by atoms with Gasteiger partial charge in [0.15, 0.2) is 0 Å². The third kappa shape index (κ3) is 3.38. The SMILES string of the molecule is N#Cc1ccnc(N2CCN(C(=O)CC3CCCC3)CC2)c1. The summed E-state index contributed by atoms with van der Waals surface area (Å²) >= 11 is 0. The molecular weight excluding hydrogens is 276 g/mol. The molecule has 1 aliphatic carbocycles. The maximum absolute atomic E-state index is 12.3. The van der Waals surface area contributed by atoms with Gasteiger partial charge in [0.2, 0.25) is 5.91 Å². The van der Waals surface area contributed by atoms with E-state index in [1.165, 1.54) is 25.7 Å². The number of nitrogens with zero attached hydrogens (tertiary/aromatic N) is 4. The molecule has 0 aromatic carbocycles. The van der Waals surface area contributed by atoms with Gasteiger partial charge in [-0.25, -0.2) is 4.98 Å². The standard InChI is InChI=1S/C17H22N4O/c18-13-15-5-6-19-16(11-15)20-7-9-21(10-8-20)17(22)12-14-3-1-2-4-14/h5-6,11,14H,1-4,7-10,12H2. The zero-order valence-electron chi connectivity index (χ0n) is 12.9. The molecule has 0 unspecified atom stereocenters. The molecule has 1 amide bonds. The predicted molar refractivity (Wildman–Crippen MR) is 84.3 cm³/mol. The molecule has 0 N–H and O–H groups in total. The number of amides is 1. The van der Waals surface area contributed by atoms with E-state index in [1.807, 2.05) is 11.0 Å². The van der Waals surface area contributed by atoms with Crippen LogP contribution in [0.5, 0.6) is 0 Å². The Morgan fingerprint density at radius 3 is 2.68 bits per heavy atom. The van der Waals surface area contributed by atoms with Crippen LogP contribution in [0.3, 0.4) is 0 Å². The molecule has 5 nitrogen and oxygen atoms in total. The minimum atomic E-state index is 0.310. The second-order valence-corrected chi connectivity index (χ2v) is 6.24. The van der Waals surface area contributed by atoms with Crippen LogP contribution in [-0.2, 0) is 4.79 Å². The molecule has 2 aliphatic rings. The Morgan fingerprint density at radius 2 is 2.00 bits per heavy atom. The molecule has 1 aromatic heterocycles. The van der Waals surface area contributed by atoms with Crippen molar-refractivity contribution in [3.63, 3.8) is 0 Å². The molecule has 1 saturated carbocycles. The van der Waals surface area contributed by atoms with Gasteiger partial charge in [0.1, 0.15) is 5.82 Å². The molecule has 2 fully saturated rings. The summed E-state index contributed by atoms with van der Waals surface area (Å²) in [6.07, 6.45) is 7.40. The molecule has 0 atom stereocenters. The van der Waals surface area contributed by atoms with Crippen LogP contribution in [-0.4, -0.2) is 42.0 Å². The quantitative estimate of drug-likeness (QED) is 0.858. The number of piperazine rings is 1. The van der Waals surface area contributed by atoms with Gasteiger partial charge in [0.05, 0.1) is 11.6 Å². The van der Waals surface area contributed by atoms with E-state index in [2.05, 4.69) is 16.0 Å². The van der Waals surface area contributed by atoms with Gasteiger partial charge < -0.3 is 9.80 Å². The van der Waals surface area contributed by atoms with Crippen LogP contribution >= 0.6 is 0 Å². The van der Waals surface area contributed by atoms with Gasteiger partial charge in [0, 0.05) is 38.8 Å². The summed E-state index contributed by atoms with van der Waals surface area (Å²) in [5.74, 6) is 1.76. The Labute approximate surface area is 131 Å². The predicted octanol–water partition coefficient (Wildman–Crippen LogP) is 2.18. The molecule has 0 bridgehead atoms. The Morgan fingerprint density at radius 1 is 1.27 bits per heavy atom. The second kappa shape index (κ2) is 6.78. The van der Waals surface area contributed by atoms with Crippen LogP contribution in [0.25, 0.3) is 0 Å². The fraction of sp³-hybridized carbons (Fsp3) is 0.588. The van der Waals surface area contributed by atoms with Crippen molar-refractivity contribution in [3.05, 3.63) is 23.9 Å². The van der Waals surface area contributed by atoms with Crippen LogP contribution < -0.4 is 4.90 Å². The number of carbonyl (C=O) groups excluding carboxylic acids is 1. The highest BCUT2D eigenvalue weighted by Gasteiger charge is 2.25. The maximum Gasteiger partial charge on any atom is 0.222 e. The molecule has 5 heteroatoms. The Kier molecular flexibility index (Phi) is 4.57. The smallest absolute Gasteiger partial charge is 0.222 e. The minimum absolute atomic E-state index is 0.310. The molecule has 1 saturated heterocycles. The number of aromatic nitrogens is 1. The number of hydrogen-bond acceptors (Lipinski definition) is 4. The van der Waals surface area contributed by atoms with E-state index in [1.54, 1.807) is 12.3 Å². The highest BCUT2D eigenvalue weighted by atomic mass is 16.2. The largest absolute Gasteiger partial charge is 0.353 e. The van der Waals surface area contributed by atoms with E-state index < -0.39 is 0 Å². The summed E-state index contributed by atoms with van der Waals surface area (Å²) < 4.78 is 0. The van der Waals surface area contributed by atoms with Crippen molar-refractivity contribution in [2.75, 3.05) is 31.1 Å². The van der Waals surface area contributed by atoms with Gasteiger partial charge in [0.25, 0.3) is 0 Å². The first kappa shape index (κ1) is 14.8. The number of nitriles is 1. The summed E-state index contributed by atoms with van der Waals surface area (Å²) in [7, 11) is 0. The normalized spacial score (nSPS) is 19.2. The number of anilines is 1. The molecule has 1 aromatic rings. The molecule has 3 rings (SSSR count). The van der Waals surface area contributed by atoms with Crippen molar-refractivity contribution in [1.82, 2.24) is 9.88 Å². The first-order valence-electron chi connectivity index (χ1n) is 8.15. The molecule has 1 aliphatic heterocycles. The van der Waals surface area contributed by atoms with Gasteiger partial charge >= 0.3 is 0 Å². The zero-order valence-corrected chi connectivity index (χ0v) is 12.9. The summed E-state index contributed by atoms with van der Waals surface area (Å²) in [5.41, 5.74) is 0.629. The van der Waals surface area contributed by atoms with E-state index >= 15 is 0 Å². The molecule has 0 spiro atoms. The van der Waals surface area contributed by atoms with E-state index in [0.29, 0.717) is 17.4 Å². The number of pyridine rings is 1. The lowest BCUT2D eigenvalue weighted by Crippen LogP contribution is -2.49. The van der Waals surface area contributed by atoms with Gasteiger partial charge in [-0.05, 0) is 30.9 Å². The van der Waals surface area contributed by atoms with Crippen molar-refractivity contribution in [2.45, 2.75) is 32.1 Å². The Balaban J connectivity index is 1.53. The fourth-order valence-electron chi connectivity index (χ4n) is 3.44. The number of carbonyl (C=O) groups is 1. The summed E-state index contributed by atoms with van der Waals surface area (Å²) in [6, 6.07) is 5.67.